The predicted molar refractivity (Wildman–Crippen MR) is 124 cm³/mol. The van der Waals surface area contributed by atoms with Crippen molar-refractivity contribution in [2.24, 2.45) is 0 Å². The van der Waals surface area contributed by atoms with Crippen LogP contribution in [0.25, 0.3) is 16.7 Å². The molecular formula is C25H24F2N4O2. The number of halogens is 2. The number of anilines is 1. The molecule has 0 atom stereocenters. The Kier molecular flexibility index (Phi) is 6.09. The quantitative estimate of drug-likeness (QED) is 0.464. The molecule has 0 bridgehead atoms. The number of benzene rings is 2. The van der Waals surface area contributed by atoms with Crippen LogP contribution in [0.4, 0.5) is 14.5 Å². The summed E-state index contributed by atoms with van der Waals surface area (Å²) >= 11 is 0. The number of rotatable bonds is 6. The summed E-state index contributed by atoms with van der Waals surface area (Å²) in [6.07, 6.45) is 0.224. The zero-order valence-electron chi connectivity index (χ0n) is 18.7. The monoisotopic (exact) mass is 450 g/mol. The number of hydrogen-bond acceptors (Lipinski definition) is 3. The van der Waals surface area contributed by atoms with Crippen LogP contribution in [0, 0.1) is 25.5 Å². The van der Waals surface area contributed by atoms with E-state index in [0.717, 1.165) is 10.9 Å². The molecule has 170 valence electrons. The van der Waals surface area contributed by atoms with Gasteiger partial charge in [-0.05, 0) is 63.1 Å². The van der Waals surface area contributed by atoms with Crippen LogP contribution in [0.2, 0.25) is 0 Å². The van der Waals surface area contributed by atoms with E-state index >= 15 is 0 Å². The van der Waals surface area contributed by atoms with Gasteiger partial charge in [-0.3, -0.25) is 14.2 Å². The molecule has 0 saturated carbocycles. The fourth-order valence-corrected chi connectivity index (χ4v) is 4.16. The van der Waals surface area contributed by atoms with Crippen molar-refractivity contribution in [2.45, 2.75) is 40.2 Å². The lowest BCUT2D eigenvalue weighted by Gasteiger charge is -2.14. The molecule has 4 rings (SSSR count). The molecule has 33 heavy (non-hydrogen) atoms. The number of aromatic nitrogens is 3. The molecule has 0 aliphatic carbocycles. The first-order valence-corrected chi connectivity index (χ1v) is 10.7. The maximum absolute atomic E-state index is 13.9. The molecule has 0 unspecified atom stereocenters. The first kappa shape index (κ1) is 22.4. The normalized spacial score (nSPS) is 11.2. The van der Waals surface area contributed by atoms with Gasteiger partial charge in [0.15, 0.2) is 0 Å². The summed E-state index contributed by atoms with van der Waals surface area (Å²) in [5.74, 6) is -1.29. The second-order valence-corrected chi connectivity index (χ2v) is 7.86. The van der Waals surface area contributed by atoms with E-state index in [2.05, 4.69) is 10.4 Å². The van der Waals surface area contributed by atoms with Crippen LogP contribution in [-0.4, -0.2) is 20.3 Å². The van der Waals surface area contributed by atoms with Crippen molar-refractivity contribution >= 4 is 22.6 Å². The molecule has 0 radical (unpaired) electrons. The third-order valence-corrected chi connectivity index (χ3v) is 5.74. The first-order valence-electron chi connectivity index (χ1n) is 10.7. The molecule has 0 spiro atoms. The maximum Gasteiger partial charge on any atom is 0.255 e. The van der Waals surface area contributed by atoms with E-state index in [-0.39, 0.29) is 30.0 Å². The van der Waals surface area contributed by atoms with Crippen LogP contribution in [0.5, 0.6) is 0 Å². The van der Waals surface area contributed by atoms with E-state index in [1.165, 1.54) is 24.3 Å². The van der Waals surface area contributed by atoms with Crippen LogP contribution < -0.4 is 10.9 Å². The number of fused-ring (bicyclic) bond motifs is 1. The van der Waals surface area contributed by atoms with Crippen LogP contribution in [-0.2, 0) is 17.8 Å². The SMILES string of the molecule is CCn1c(=O)c(CCC(=O)Nc2ccccc2F)c(C)c2c(C)nn(-c3cccc(F)c3)c21. The fourth-order valence-electron chi connectivity index (χ4n) is 4.16. The van der Waals surface area contributed by atoms with E-state index in [9.17, 15) is 18.4 Å². The van der Waals surface area contributed by atoms with Gasteiger partial charge in [0.1, 0.15) is 17.3 Å². The molecule has 6 nitrogen and oxygen atoms in total. The van der Waals surface area contributed by atoms with Gasteiger partial charge in [0.05, 0.1) is 17.1 Å². The van der Waals surface area contributed by atoms with Crippen molar-refractivity contribution in [1.82, 2.24) is 14.3 Å². The lowest BCUT2D eigenvalue weighted by molar-refractivity contribution is -0.116. The van der Waals surface area contributed by atoms with Crippen molar-refractivity contribution in [3.05, 3.63) is 87.3 Å². The molecule has 2 aromatic heterocycles. The molecule has 1 N–H and O–H groups in total. The van der Waals surface area contributed by atoms with Crippen LogP contribution >= 0.6 is 0 Å². The van der Waals surface area contributed by atoms with Crippen molar-refractivity contribution in [2.75, 3.05) is 5.32 Å². The molecule has 8 heteroatoms. The molecule has 0 fully saturated rings. The van der Waals surface area contributed by atoms with Gasteiger partial charge < -0.3 is 5.32 Å². The number of amides is 1. The smallest absolute Gasteiger partial charge is 0.255 e. The Morgan fingerprint density at radius 2 is 1.85 bits per heavy atom. The summed E-state index contributed by atoms with van der Waals surface area (Å²) in [6.45, 7) is 5.90. The van der Waals surface area contributed by atoms with Crippen LogP contribution in [0.1, 0.15) is 30.2 Å². The number of aryl methyl sites for hydroxylation is 3. The third kappa shape index (κ3) is 4.16. The minimum absolute atomic E-state index is 0.0245. The summed E-state index contributed by atoms with van der Waals surface area (Å²) in [4.78, 5) is 25.8. The molecule has 0 aliphatic rings. The number of hydrogen-bond donors (Lipinski definition) is 1. The molecule has 4 aromatic rings. The minimum Gasteiger partial charge on any atom is -0.324 e. The highest BCUT2D eigenvalue weighted by Gasteiger charge is 2.21. The number of carbonyl (C=O) groups is 1. The Labute approximate surface area is 189 Å². The Balaban J connectivity index is 1.73. The van der Waals surface area contributed by atoms with Gasteiger partial charge in [0.25, 0.3) is 5.56 Å². The summed E-state index contributed by atoms with van der Waals surface area (Å²) in [7, 11) is 0. The van der Waals surface area contributed by atoms with Gasteiger partial charge in [-0.1, -0.05) is 18.2 Å². The highest BCUT2D eigenvalue weighted by atomic mass is 19.1. The van der Waals surface area contributed by atoms with E-state index in [1.54, 1.807) is 33.5 Å². The minimum atomic E-state index is -0.517. The molecule has 0 saturated heterocycles. The second kappa shape index (κ2) is 8.97. The van der Waals surface area contributed by atoms with Crippen molar-refractivity contribution in [3.63, 3.8) is 0 Å². The van der Waals surface area contributed by atoms with Gasteiger partial charge in [0, 0.05) is 23.9 Å². The Morgan fingerprint density at radius 1 is 1.09 bits per heavy atom. The average Bonchev–Trinajstić information content (AvgIpc) is 3.13. The number of pyridine rings is 1. The molecule has 1 amide bonds. The van der Waals surface area contributed by atoms with Gasteiger partial charge in [-0.2, -0.15) is 5.10 Å². The zero-order chi connectivity index (χ0) is 23.7. The summed E-state index contributed by atoms with van der Waals surface area (Å²) in [6, 6.07) is 12.0. The number of carbonyl (C=O) groups excluding carboxylic acids is 1. The van der Waals surface area contributed by atoms with Gasteiger partial charge in [-0.25, -0.2) is 13.5 Å². The van der Waals surface area contributed by atoms with E-state index in [1.807, 2.05) is 20.8 Å². The summed E-state index contributed by atoms with van der Waals surface area (Å²) in [5, 5.41) is 7.93. The van der Waals surface area contributed by atoms with E-state index in [4.69, 9.17) is 0 Å². The Hall–Kier alpha value is -3.81. The molecule has 2 aromatic carbocycles. The molecule has 2 heterocycles. The van der Waals surface area contributed by atoms with Crippen LogP contribution in [0.15, 0.2) is 53.3 Å². The predicted octanol–water partition coefficient (Wildman–Crippen LogP) is 4.67. The van der Waals surface area contributed by atoms with Crippen molar-refractivity contribution in [3.8, 4) is 5.69 Å². The molecular weight excluding hydrogens is 426 g/mol. The van der Waals surface area contributed by atoms with Crippen molar-refractivity contribution in [1.29, 1.82) is 0 Å². The largest absolute Gasteiger partial charge is 0.324 e. The average molecular weight is 450 g/mol. The number of nitrogens with zero attached hydrogens (tertiary/aromatic N) is 3. The lowest BCUT2D eigenvalue weighted by Crippen LogP contribution is -2.27. The lowest BCUT2D eigenvalue weighted by atomic mass is 10.0. The summed E-state index contributed by atoms with van der Waals surface area (Å²) in [5.41, 5.74) is 2.93. The van der Waals surface area contributed by atoms with Crippen LogP contribution in [0.3, 0.4) is 0 Å². The standard InChI is InChI=1S/C25H24F2N4O2/c1-4-30-24-23(16(3)29-31(24)18-9-7-8-17(26)14-18)15(2)19(25(30)33)12-13-22(32)28-21-11-6-5-10-20(21)27/h5-11,14H,4,12-13H2,1-3H3,(H,28,32). The topological polar surface area (TPSA) is 68.9 Å². The molecule has 0 aliphatic heterocycles. The Morgan fingerprint density at radius 3 is 2.55 bits per heavy atom. The third-order valence-electron chi connectivity index (χ3n) is 5.74. The van der Waals surface area contributed by atoms with Gasteiger partial charge in [-0.15, -0.1) is 0 Å². The second-order valence-electron chi connectivity index (χ2n) is 7.86. The fraction of sp³-hybridized carbons (Fsp3) is 0.240. The maximum atomic E-state index is 13.9. The van der Waals surface area contributed by atoms with Gasteiger partial charge >= 0.3 is 0 Å². The van der Waals surface area contributed by atoms with E-state index in [0.29, 0.717) is 29.1 Å². The number of para-hydroxylation sites is 1. The zero-order valence-corrected chi connectivity index (χ0v) is 18.7. The van der Waals surface area contributed by atoms with Crippen molar-refractivity contribution < 1.29 is 13.6 Å². The Bertz CT molecular complexity index is 1420. The van der Waals surface area contributed by atoms with E-state index < -0.39 is 11.6 Å². The summed E-state index contributed by atoms with van der Waals surface area (Å²) < 4.78 is 30.9. The van der Waals surface area contributed by atoms with Gasteiger partial charge in [0.2, 0.25) is 5.91 Å². The number of nitrogens with one attached hydrogen (secondary N) is 1. The highest BCUT2D eigenvalue weighted by Crippen LogP contribution is 2.26. The first-order chi connectivity index (χ1) is 15.8. The highest BCUT2D eigenvalue weighted by molar-refractivity contribution is 5.91.